The molecule has 1 aromatic carbocycles. The monoisotopic (exact) mass is 693 g/mol. The number of nitrogens with one attached hydrogen (secondary N) is 1. The number of hydrogen-bond donors (Lipinski definition) is 2. The Morgan fingerprint density at radius 1 is 0.960 bits per heavy atom. The second-order valence-corrected chi connectivity index (χ2v) is 13.5. The number of amides is 1. The predicted octanol–water partition coefficient (Wildman–Crippen LogP) is 10.3. The smallest absolute Gasteiger partial charge is 0.258 e. The Labute approximate surface area is 304 Å². The minimum absolute atomic E-state index is 0.222. The third-order valence-electron chi connectivity index (χ3n) is 9.09. The predicted molar refractivity (Wildman–Crippen MR) is 213 cm³/mol. The number of carbonyl (C=O) groups excluding carboxylic acids is 1. The van der Waals surface area contributed by atoms with Crippen LogP contribution in [-0.4, -0.2) is 64.2 Å². The van der Waals surface area contributed by atoms with E-state index in [4.69, 9.17) is 9.84 Å². The zero-order valence-corrected chi connectivity index (χ0v) is 33.5. The summed E-state index contributed by atoms with van der Waals surface area (Å²) < 4.78 is 9.56. The fraction of sp³-hybridized carbons (Fsp3) is 0.619. The number of ether oxygens (including phenoxy) is 1. The Morgan fingerprint density at radius 3 is 2.16 bits per heavy atom. The maximum Gasteiger partial charge on any atom is 0.258 e. The molecule has 0 unspecified atom stereocenters. The molecule has 0 saturated heterocycles. The highest BCUT2D eigenvalue weighted by atomic mass is 16.5. The summed E-state index contributed by atoms with van der Waals surface area (Å²) in [6.07, 6.45) is 20.0. The maximum atomic E-state index is 13.1. The van der Waals surface area contributed by atoms with Gasteiger partial charge in [-0.05, 0) is 49.6 Å². The summed E-state index contributed by atoms with van der Waals surface area (Å²) >= 11 is 0. The highest BCUT2D eigenvalue weighted by molar-refractivity contribution is 6.10. The Bertz CT molecular complexity index is 1460. The van der Waals surface area contributed by atoms with E-state index in [0.717, 1.165) is 65.3 Å². The number of rotatable bonds is 10. The fourth-order valence-corrected chi connectivity index (χ4v) is 5.54. The van der Waals surface area contributed by atoms with Gasteiger partial charge in [-0.25, -0.2) is 9.56 Å². The zero-order chi connectivity index (χ0) is 37.5. The molecular weight excluding hydrogens is 622 g/mol. The van der Waals surface area contributed by atoms with Crippen LogP contribution in [0.3, 0.4) is 0 Å². The third kappa shape index (κ3) is 15.6. The summed E-state index contributed by atoms with van der Waals surface area (Å²) in [7, 11) is 6.59. The number of unbranched alkanes of at least 4 members (excludes halogenated alkanes) is 3. The summed E-state index contributed by atoms with van der Waals surface area (Å²) in [5.74, 6) is 2.12. The van der Waals surface area contributed by atoms with Crippen molar-refractivity contribution in [1.82, 2.24) is 14.5 Å². The van der Waals surface area contributed by atoms with Gasteiger partial charge in [0.1, 0.15) is 24.9 Å². The number of methoxy groups -OCH3 is 1. The second kappa shape index (κ2) is 25.4. The van der Waals surface area contributed by atoms with Crippen molar-refractivity contribution in [2.75, 3.05) is 33.1 Å². The Kier molecular flexibility index (Phi) is 22.6. The first-order valence-corrected chi connectivity index (χ1v) is 19.1. The number of aromatic nitrogens is 3. The molecule has 1 fully saturated rings. The van der Waals surface area contributed by atoms with Crippen LogP contribution >= 0.6 is 0 Å². The normalized spacial score (nSPS) is 14.0. The number of allylic oxidation sites excluding steroid dienone is 1. The number of imidazole rings is 1. The molecule has 50 heavy (non-hydrogen) atoms. The van der Waals surface area contributed by atoms with E-state index in [-0.39, 0.29) is 5.91 Å². The standard InChI is InChI=1S/C23H25N5O2.C9H20.C5H10.C4H10.CH4O/c1-14-6-7-18-20(10-14)28(4)23(25-18)26-22(29)16-11-15(2)24-19(12-16)17-13-27(3)9-8-21(17)30-5;1-4-6-7-8-9(3)5-2;1-2-4-5-3-1;1-3-4-2;1-2/h6-7,10-13H,8-9H2,1-5H3;9H,4-8H2,1-3H3;1-5H2;3-4H2,1-2H3;2H,1H3/p+1/t;9-;;;/m.1.../s1. The van der Waals surface area contributed by atoms with Crippen LogP contribution in [0, 0.1) is 19.8 Å². The van der Waals surface area contributed by atoms with Crippen LogP contribution in [0.1, 0.15) is 145 Å². The summed E-state index contributed by atoms with van der Waals surface area (Å²) in [5, 5.41) is 9.94. The van der Waals surface area contributed by atoms with E-state index in [1.807, 2.05) is 50.9 Å². The molecule has 3 aromatic rings. The third-order valence-corrected chi connectivity index (χ3v) is 9.09. The number of pyridine rings is 1. The maximum absolute atomic E-state index is 13.1. The minimum atomic E-state index is -0.222. The van der Waals surface area contributed by atoms with Crippen molar-refractivity contribution in [1.29, 1.82) is 0 Å². The van der Waals surface area contributed by atoms with Gasteiger partial charge in [-0.3, -0.25) is 15.1 Å². The van der Waals surface area contributed by atoms with E-state index in [2.05, 4.69) is 60.5 Å². The average molecular weight is 693 g/mol. The lowest BCUT2D eigenvalue weighted by molar-refractivity contribution is -0.492. The molecule has 5 rings (SSSR count). The van der Waals surface area contributed by atoms with Crippen molar-refractivity contribution in [3.05, 3.63) is 58.6 Å². The molecule has 0 bridgehead atoms. The van der Waals surface area contributed by atoms with Gasteiger partial charge in [0.25, 0.3) is 5.91 Å². The van der Waals surface area contributed by atoms with Gasteiger partial charge in [0.15, 0.2) is 6.21 Å². The molecule has 0 radical (unpaired) electrons. The largest absolute Gasteiger partial charge is 0.500 e. The van der Waals surface area contributed by atoms with E-state index in [1.165, 1.54) is 77.0 Å². The molecule has 1 aliphatic heterocycles. The first-order chi connectivity index (χ1) is 24.1. The van der Waals surface area contributed by atoms with Gasteiger partial charge >= 0.3 is 0 Å². The van der Waals surface area contributed by atoms with Crippen LogP contribution < -0.4 is 5.32 Å². The van der Waals surface area contributed by atoms with Crippen molar-refractivity contribution in [2.24, 2.45) is 13.0 Å². The minimum Gasteiger partial charge on any atom is -0.500 e. The Morgan fingerprint density at radius 2 is 1.60 bits per heavy atom. The quantitative estimate of drug-likeness (QED) is 0.163. The fourth-order valence-electron chi connectivity index (χ4n) is 5.54. The van der Waals surface area contributed by atoms with Gasteiger partial charge in [-0.15, -0.1) is 0 Å². The number of aliphatic hydroxyl groups is 1. The van der Waals surface area contributed by atoms with Crippen LogP contribution in [0.15, 0.2) is 36.1 Å². The molecular formula is C42H70N5O3+. The van der Waals surface area contributed by atoms with E-state index in [1.54, 1.807) is 19.2 Å². The van der Waals surface area contributed by atoms with Gasteiger partial charge in [0.05, 0.1) is 30.3 Å². The molecule has 1 saturated carbocycles. The molecule has 280 valence electrons. The number of carbonyl (C=O) groups is 1. The number of aryl methyl sites for hydroxylation is 3. The Hall–Kier alpha value is -3.52. The van der Waals surface area contributed by atoms with Crippen molar-refractivity contribution in [3.8, 4) is 0 Å². The molecule has 2 aliphatic rings. The summed E-state index contributed by atoms with van der Waals surface area (Å²) in [6.45, 7) is 16.0. The van der Waals surface area contributed by atoms with Crippen LogP contribution in [0.2, 0.25) is 0 Å². The number of aliphatic hydroxyl groups excluding tert-OH is 1. The molecule has 8 heteroatoms. The van der Waals surface area contributed by atoms with Crippen LogP contribution in [-0.2, 0) is 11.8 Å². The van der Waals surface area contributed by atoms with Crippen molar-refractivity contribution >= 4 is 34.7 Å². The van der Waals surface area contributed by atoms with E-state index >= 15 is 0 Å². The molecule has 3 heterocycles. The Balaban J connectivity index is 0.000000511. The summed E-state index contributed by atoms with van der Waals surface area (Å²) in [6, 6.07) is 9.62. The lowest BCUT2D eigenvalue weighted by Gasteiger charge is -2.15. The van der Waals surface area contributed by atoms with Crippen LogP contribution in [0.5, 0.6) is 0 Å². The van der Waals surface area contributed by atoms with Gasteiger partial charge < -0.3 is 14.4 Å². The number of anilines is 1. The molecule has 1 aliphatic carbocycles. The summed E-state index contributed by atoms with van der Waals surface area (Å²) in [4.78, 5) is 22.3. The van der Waals surface area contributed by atoms with E-state index in [0.29, 0.717) is 11.5 Å². The van der Waals surface area contributed by atoms with Gasteiger partial charge in [0, 0.05) is 25.4 Å². The van der Waals surface area contributed by atoms with Crippen LogP contribution in [0.25, 0.3) is 16.6 Å². The average Bonchev–Trinajstić information content (AvgIpc) is 3.82. The number of hydrogen-bond acceptors (Lipinski definition) is 5. The second-order valence-electron chi connectivity index (χ2n) is 13.5. The molecule has 2 aromatic heterocycles. The first kappa shape index (κ1) is 44.5. The number of fused-ring (bicyclic) bond motifs is 1. The topological polar surface area (TPSA) is 92.3 Å². The molecule has 0 spiro atoms. The zero-order valence-electron chi connectivity index (χ0n) is 33.5. The molecule has 1 atom stereocenters. The van der Waals surface area contributed by atoms with Gasteiger partial charge in [-0.1, -0.05) is 118 Å². The van der Waals surface area contributed by atoms with Crippen molar-refractivity contribution in [3.63, 3.8) is 0 Å². The lowest BCUT2D eigenvalue weighted by atomic mass is 10.0. The lowest BCUT2D eigenvalue weighted by Crippen LogP contribution is -2.19. The van der Waals surface area contributed by atoms with E-state index < -0.39 is 0 Å². The van der Waals surface area contributed by atoms with Gasteiger partial charge in [0.2, 0.25) is 5.95 Å². The first-order valence-electron chi connectivity index (χ1n) is 19.1. The van der Waals surface area contributed by atoms with Gasteiger partial charge in [-0.2, -0.15) is 0 Å². The molecule has 2 N–H and O–H groups in total. The molecule has 8 nitrogen and oxygen atoms in total. The highest BCUT2D eigenvalue weighted by Gasteiger charge is 2.22. The number of nitrogens with zero attached hydrogens (tertiary/aromatic N) is 4. The van der Waals surface area contributed by atoms with Crippen molar-refractivity contribution < 1.29 is 19.2 Å². The highest BCUT2D eigenvalue weighted by Crippen LogP contribution is 2.24. The molecule has 1 amide bonds. The number of benzene rings is 1. The van der Waals surface area contributed by atoms with E-state index in [9.17, 15) is 4.79 Å². The van der Waals surface area contributed by atoms with Crippen molar-refractivity contribution in [2.45, 2.75) is 132 Å². The summed E-state index contributed by atoms with van der Waals surface area (Å²) in [5.41, 5.74) is 5.90. The van der Waals surface area contributed by atoms with Crippen LogP contribution in [0.4, 0.5) is 5.95 Å². The SMILES string of the molecule is C1CCCC1.CCCC.CCCCC[C@H](C)CC.CO.COC1=C(c2cc(C(=O)Nc3nc4ccc(C)cc4n3C)cc(C)n2)C=[N+](C)CC1.